The van der Waals surface area contributed by atoms with E-state index in [4.69, 9.17) is 16.1 Å². The normalized spacial score (nSPS) is 14.8. The van der Waals surface area contributed by atoms with Crippen LogP contribution in [0.2, 0.25) is 5.02 Å². The van der Waals surface area contributed by atoms with Crippen molar-refractivity contribution in [2.45, 2.75) is 0 Å². The number of anilines is 1. The highest BCUT2D eigenvalue weighted by Gasteiger charge is 2.22. The molecule has 3 heterocycles. The maximum Gasteiger partial charge on any atom is 0.259 e. The lowest BCUT2D eigenvalue weighted by molar-refractivity contribution is -0.129. The van der Waals surface area contributed by atoms with E-state index in [0.29, 0.717) is 29.8 Å². The van der Waals surface area contributed by atoms with Crippen molar-refractivity contribution in [1.29, 1.82) is 0 Å². The summed E-state index contributed by atoms with van der Waals surface area (Å²) < 4.78 is 5.34. The van der Waals surface area contributed by atoms with Crippen LogP contribution in [0.3, 0.4) is 0 Å². The predicted molar refractivity (Wildman–Crippen MR) is 97.8 cm³/mol. The first-order chi connectivity index (χ1) is 12.6. The van der Waals surface area contributed by atoms with Gasteiger partial charge in [-0.3, -0.25) is 4.79 Å². The number of carbonyl (C=O) groups excluding carboxylic acids is 1. The molecule has 0 N–H and O–H groups in total. The maximum absolute atomic E-state index is 11.8. The Balaban J connectivity index is 1.53. The molecule has 1 fully saturated rings. The number of hydrogen-bond acceptors (Lipinski definition) is 6. The molecule has 132 valence electrons. The Labute approximate surface area is 155 Å². The Bertz CT molecular complexity index is 941. The van der Waals surface area contributed by atoms with E-state index in [9.17, 15) is 4.79 Å². The topological polar surface area (TPSA) is 75.4 Å². The first kappa shape index (κ1) is 16.5. The summed E-state index contributed by atoms with van der Waals surface area (Å²) in [7, 11) is 1.81. The molecule has 8 heteroatoms. The van der Waals surface area contributed by atoms with Gasteiger partial charge in [0.05, 0.1) is 12.1 Å². The number of rotatable bonds is 3. The van der Waals surface area contributed by atoms with Crippen molar-refractivity contribution in [2.24, 2.45) is 0 Å². The lowest BCUT2D eigenvalue weighted by Gasteiger charge is -2.32. The number of piperazine rings is 1. The van der Waals surface area contributed by atoms with E-state index in [1.165, 1.54) is 0 Å². The second kappa shape index (κ2) is 6.76. The van der Waals surface area contributed by atoms with Gasteiger partial charge in [0.1, 0.15) is 5.82 Å². The molecule has 0 aliphatic carbocycles. The van der Waals surface area contributed by atoms with Crippen molar-refractivity contribution in [1.82, 2.24) is 20.0 Å². The molecule has 2 aromatic heterocycles. The number of benzene rings is 1. The first-order valence-corrected chi connectivity index (χ1v) is 8.53. The van der Waals surface area contributed by atoms with Crippen molar-refractivity contribution < 1.29 is 9.32 Å². The lowest BCUT2D eigenvalue weighted by Crippen LogP contribution is -2.48. The average molecular weight is 370 g/mol. The van der Waals surface area contributed by atoms with E-state index < -0.39 is 0 Å². The van der Waals surface area contributed by atoms with Gasteiger partial charge in [-0.1, -0.05) is 28.9 Å². The van der Waals surface area contributed by atoms with Gasteiger partial charge in [0.25, 0.3) is 5.89 Å². The molecule has 1 aromatic carbocycles. The van der Waals surface area contributed by atoms with E-state index in [1.54, 1.807) is 23.2 Å². The highest BCUT2D eigenvalue weighted by molar-refractivity contribution is 6.30. The van der Waals surface area contributed by atoms with Crippen LogP contribution < -0.4 is 4.90 Å². The van der Waals surface area contributed by atoms with Crippen LogP contribution in [0.5, 0.6) is 0 Å². The summed E-state index contributed by atoms with van der Waals surface area (Å²) in [5.74, 6) is 1.69. The van der Waals surface area contributed by atoms with Crippen LogP contribution >= 0.6 is 11.6 Å². The number of hydrogen-bond donors (Lipinski definition) is 0. The number of halogens is 1. The number of nitrogens with zero attached hydrogens (tertiary/aromatic N) is 5. The van der Waals surface area contributed by atoms with Gasteiger partial charge in [0.2, 0.25) is 11.7 Å². The first-order valence-electron chi connectivity index (χ1n) is 8.15. The number of amides is 1. The van der Waals surface area contributed by atoms with E-state index in [2.05, 4.69) is 15.1 Å². The minimum absolute atomic E-state index is 0.0881. The molecule has 3 aromatic rings. The number of likely N-dealkylation sites (N-methyl/N-ethyl adjacent to an activating group) is 1. The quantitative estimate of drug-likeness (QED) is 0.706. The molecular weight excluding hydrogens is 354 g/mol. The van der Waals surface area contributed by atoms with E-state index >= 15 is 0 Å². The molecule has 0 radical (unpaired) electrons. The SMILES string of the molecule is CN1CCN(c2ccc(-c3nc(-c4cccc(Cl)c4)no3)cn2)CC1=O. The van der Waals surface area contributed by atoms with E-state index in [0.717, 1.165) is 23.5 Å². The monoisotopic (exact) mass is 369 g/mol. The Kier molecular flexibility index (Phi) is 4.30. The summed E-state index contributed by atoms with van der Waals surface area (Å²) in [4.78, 5) is 24.4. The highest BCUT2D eigenvalue weighted by Crippen LogP contribution is 2.25. The van der Waals surface area contributed by atoms with Gasteiger partial charge < -0.3 is 14.3 Å². The summed E-state index contributed by atoms with van der Waals surface area (Å²) in [6, 6.07) is 11.0. The van der Waals surface area contributed by atoms with Gasteiger partial charge in [-0.15, -0.1) is 0 Å². The molecular formula is C18H16ClN5O2. The van der Waals surface area contributed by atoms with Crippen molar-refractivity contribution in [3.05, 3.63) is 47.6 Å². The molecule has 1 amide bonds. The Morgan fingerprint density at radius 3 is 2.77 bits per heavy atom. The molecule has 0 saturated carbocycles. The third-order valence-corrected chi connectivity index (χ3v) is 4.52. The van der Waals surface area contributed by atoms with Crippen molar-refractivity contribution in [2.75, 3.05) is 31.6 Å². The fraction of sp³-hybridized carbons (Fsp3) is 0.222. The van der Waals surface area contributed by atoms with E-state index in [-0.39, 0.29) is 5.91 Å². The largest absolute Gasteiger partial charge is 0.346 e. The summed E-state index contributed by atoms with van der Waals surface area (Å²) in [5.41, 5.74) is 1.50. The second-order valence-electron chi connectivity index (χ2n) is 6.08. The summed E-state index contributed by atoms with van der Waals surface area (Å²) in [5, 5.41) is 4.61. The Hall–Kier alpha value is -2.93. The summed E-state index contributed by atoms with van der Waals surface area (Å²) in [6.45, 7) is 1.78. The zero-order chi connectivity index (χ0) is 18.1. The van der Waals surface area contributed by atoms with Crippen molar-refractivity contribution >= 4 is 23.3 Å². The van der Waals surface area contributed by atoms with Gasteiger partial charge in [0.15, 0.2) is 0 Å². The van der Waals surface area contributed by atoms with Crippen LogP contribution in [0.1, 0.15) is 0 Å². The third kappa shape index (κ3) is 3.25. The minimum atomic E-state index is 0.0881. The third-order valence-electron chi connectivity index (χ3n) is 4.28. The summed E-state index contributed by atoms with van der Waals surface area (Å²) >= 11 is 6.00. The predicted octanol–water partition coefficient (Wildman–Crippen LogP) is 2.73. The highest BCUT2D eigenvalue weighted by atomic mass is 35.5. The standard InChI is InChI=1S/C18H16ClN5O2/c1-23-7-8-24(11-16(23)25)15-6-5-13(10-20-15)18-21-17(22-26-18)12-3-2-4-14(19)9-12/h2-6,9-10H,7-8,11H2,1H3. The zero-order valence-corrected chi connectivity index (χ0v) is 14.8. The van der Waals surface area contributed by atoms with Crippen LogP contribution in [0.25, 0.3) is 22.8 Å². The number of carbonyl (C=O) groups is 1. The van der Waals surface area contributed by atoms with Gasteiger partial charge in [-0.05, 0) is 24.3 Å². The van der Waals surface area contributed by atoms with Crippen LogP contribution in [0.15, 0.2) is 47.1 Å². The van der Waals surface area contributed by atoms with Crippen molar-refractivity contribution in [3.8, 4) is 22.8 Å². The number of pyridine rings is 1. The second-order valence-corrected chi connectivity index (χ2v) is 6.51. The molecule has 7 nitrogen and oxygen atoms in total. The molecule has 1 saturated heterocycles. The molecule has 26 heavy (non-hydrogen) atoms. The van der Waals surface area contributed by atoms with Crippen LogP contribution in [0, 0.1) is 0 Å². The molecule has 0 atom stereocenters. The van der Waals surface area contributed by atoms with Gasteiger partial charge in [-0.2, -0.15) is 4.98 Å². The molecule has 0 spiro atoms. The zero-order valence-electron chi connectivity index (χ0n) is 14.1. The van der Waals surface area contributed by atoms with Crippen molar-refractivity contribution in [3.63, 3.8) is 0 Å². The molecule has 0 bridgehead atoms. The molecule has 1 aliphatic heterocycles. The van der Waals surface area contributed by atoms with Gasteiger partial charge >= 0.3 is 0 Å². The fourth-order valence-electron chi connectivity index (χ4n) is 2.74. The smallest absolute Gasteiger partial charge is 0.259 e. The van der Waals surface area contributed by atoms with Crippen LogP contribution in [-0.4, -0.2) is 52.6 Å². The maximum atomic E-state index is 11.8. The van der Waals surface area contributed by atoms with E-state index in [1.807, 2.05) is 36.2 Å². The number of aromatic nitrogens is 3. The molecule has 4 rings (SSSR count). The Morgan fingerprint density at radius 2 is 2.04 bits per heavy atom. The lowest BCUT2D eigenvalue weighted by atomic mass is 10.2. The minimum Gasteiger partial charge on any atom is -0.346 e. The molecule has 1 aliphatic rings. The van der Waals surface area contributed by atoms with Crippen LogP contribution in [-0.2, 0) is 4.79 Å². The summed E-state index contributed by atoms with van der Waals surface area (Å²) in [6.07, 6.45) is 1.67. The van der Waals surface area contributed by atoms with Gasteiger partial charge in [0, 0.05) is 36.9 Å². The molecule has 0 unspecified atom stereocenters. The Morgan fingerprint density at radius 1 is 1.15 bits per heavy atom. The van der Waals surface area contributed by atoms with Crippen LogP contribution in [0.4, 0.5) is 5.82 Å². The fourth-order valence-corrected chi connectivity index (χ4v) is 2.93. The van der Waals surface area contributed by atoms with Gasteiger partial charge in [-0.25, -0.2) is 4.98 Å². The average Bonchev–Trinajstić information content (AvgIpc) is 3.14.